The molecule has 0 radical (unpaired) electrons. The first-order valence-electron chi connectivity index (χ1n) is 7.92. The van der Waals surface area contributed by atoms with Gasteiger partial charge in [0.15, 0.2) is 11.5 Å². The minimum absolute atomic E-state index is 0.0238. The van der Waals surface area contributed by atoms with Crippen LogP contribution in [0, 0.1) is 0 Å². The third-order valence-electron chi connectivity index (χ3n) is 3.77. The van der Waals surface area contributed by atoms with Crippen molar-refractivity contribution in [2.24, 2.45) is 0 Å². The maximum absolute atomic E-state index is 12.8. The Morgan fingerprint density at radius 1 is 1.04 bits per heavy atom. The molecule has 1 aliphatic rings. The molecule has 8 heteroatoms. The summed E-state index contributed by atoms with van der Waals surface area (Å²) in [6.07, 6.45) is -3.68. The summed E-state index contributed by atoms with van der Waals surface area (Å²) >= 11 is 6.21. The fourth-order valence-corrected chi connectivity index (χ4v) is 4.11. The predicted octanol–water partition coefficient (Wildman–Crippen LogP) is 4.97. The first-order valence-corrected chi connectivity index (χ1v) is 9.78. The number of alkyl halides is 3. The minimum Gasteiger partial charge on any atom is -0.489 e. The van der Waals surface area contributed by atoms with E-state index in [4.69, 9.17) is 21.1 Å². The minimum atomic E-state index is -4.42. The molecule has 0 amide bonds. The van der Waals surface area contributed by atoms with Gasteiger partial charge in [-0.15, -0.1) is 0 Å². The van der Waals surface area contributed by atoms with Crippen molar-refractivity contribution in [3.8, 4) is 11.5 Å². The largest absolute Gasteiger partial charge is 0.489 e. The van der Waals surface area contributed by atoms with Gasteiger partial charge in [-0.2, -0.15) is 13.2 Å². The van der Waals surface area contributed by atoms with Gasteiger partial charge in [0.05, 0.1) is 23.8 Å². The Kier molecular flexibility index (Phi) is 5.77. The summed E-state index contributed by atoms with van der Waals surface area (Å²) in [4.78, 5) is 0. The third-order valence-corrected chi connectivity index (χ3v) is 5.36. The Morgan fingerprint density at radius 3 is 2.54 bits per heavy atom. The molecule has 0 N–H and O–H groups in total. The average molecular weight is 405 g/mol. The van der Waals surface area contributed by atoms with Gasteiger partial charge in [0, 0.05) is 28.7 Å². The van der Waals surface area contributed by atoms with E-state index in [9.17, 15) is 17.4 Å². The van der Waals surface area contributed by atoms with Crippen molar-refractivity contribution in [2.75, 3.05) is 13.2 Å². The molecule has 3 nitrogen and oxygen atoms in total. The highest BCUT2D eigenvalue weighted by molar-refractivity contribution is 7.83. The van der Waals surface area contributed by atoms with Crippen LogP contribution in [0.2, 0.25) is 5.02 Å². The van der Waals surface area contributed by atoms with Crippen molar-refractivity contribution in [3.05, 3.63) is 58.1 Å². The third kappa shape index (κ3) is 4.71. The molecule has 0 bridgehead atoms. The van der Waals surface area contributed by atoms with E-state index >= 15 is 0 Å². The van der Waals surface area contributed by atoms with Gasteiger partial charge in [-0.05, 0) is 29.3 Å². The van der Waals surface area contributed by atoms with Crippen LogP contribution in [0.25, 0.3) is 0 Å². The van der Waals surface area contributed by atoms with Crippen LogP contribution in [0.15, 0.2) is 36.4 Å². The highest BCUT2D eigenvalue weighted by Gasteiger charge is 2.30. The van der Waals surface area contributed by atoms with Crippen LogP contribution in [-0.4, -0.2) is 17.4 Å². The predicted molar refractivity (Wildman–Crippen MR) is 94.1 cm³/mol. The van der Waals surface area contributed by atoms with Crippen molar-refractivity contribution < 1.29 is 26.9 Å². The molecule has 26 heavy (non-hydrogen) atoms. The van der Waals surface area contributed by atoms with Crippen LogP contribution >= 0.6 is 11.6 Å². The van der Waals surface area contributed by atoms with Crippen LogP contribution in [0.1, 0.15) is 23.1 Å². The summed E-state index contributed by atoms with van der Waals surface area (Å²) in [5, 5.41) is 0.371. The van der Waals surface area contributed by atoms with Crippen LogP contribution in [0.4, 0.5) is 13.2 Å². The molecule has 0 spiro atoms. The number of ether oxygens (including phenoxy) is 2. The highest BCUT2D eigenvalue weighted by atomic mass is 35.5. The van der Waals surface area contributed by atoms with Gasteiger partial charge in [0.2, 0.25) is 0 Å². The Labute approximate surface area is 156 Å². The number of hydrogen-bond acceptors (Lipinski definition) is 3. The second-order valence-electron chi connectivity index (χ2n) is 5.88. The van der Waals surface area contributed by atoms with Gasteiger partial charge >= 0.3 is 6.18 Å². The van der Waals surface area contributed by atoms with Gasteiger partial charge in [-0.25, -0.2) is 0 Å². The molecule has 3 rings (SSSR count). The van der Waals surface area contributed by atoms with Crippen LogP contribution in [0.3, 0.4) is 0 Å². The lowest BCUT2D eigenvalue weighted by atomic mass is 10.1. The lowest BCUT2D eigenvalue weighted by molar-refractivity contribution is -0.137. The SMILES string of the molecule is O=[S@](Cc1cccc(C(F)(F)F)c1)Cc1cc(Cl)c2c(c1)OCCCO2. The quantitative estimate of drug-likeness (QED) is 0.721. The summed E-state index contributed by atoms with van der Waals surface area (Å²) in [5.74, 6) is 1.15. The van der Waals surface area contributed by atoms with E-state index in [1.807, 2.05) is 0 Å². The van der Waals surface area contributed by atoms with Crippen LogP contribution in [0.5, 0.6) is 11.5 Å². The highest BCUT2D eigenvalue weighted by Crippen LogP contribution is 2.38. The molecule has 1 heterocycles. The first kappa shape index (κ1) is 19.0. The average Bonchev–Trinajstić information content (AvgIpc) is 2.80. The van der Waals surface area contributed by atoms with Gasteiger partial charge in [-0.1, -0.05) is 29.8 Å². The summed E-state index contributed by atoms with van der Waals surface area (Å²) < 4.78 is 61.9. The zero-order valence-corrected chi connectivity index (χ0v) is 15.2. The number of benzene rings is 2. The van der Waals surface area contributed by atoms with E-state index in [2.05, 4.69) is 0 Å². The van der Waals surface area contributed by atoms with Gasteiger partial charge < -0.3 is 9.47 Å². The first-order chi connectivity index (χ1) is 12.3. The zero-order valence-electron chi connectivity index (χ0n) is 13.6. The number of halogens is 4. The molecule has 1 aliphatic heterocycles. The van der Waals surface area contributed by atoms with E-state index in [1.54, 1.807) is 12.1 Å². The summed E-state index contributed by atoms with van der Waals surface area (Å²) in [7, 11) is -1.39. The fraction of sp³-hybridized carbons (Fsp3) is 0.333. The van der Waals surface area contributed by atoms with E-state index < -0.39 is 22.5 Å². The van der Waals surface area contributed by atoms with Gasteiger partial charge in [-0.3, -0.25) is 4.21 Å². The van der Waals surface area contributed by atoms with E-state index in [1.165, 1.54) is 12.1 Å². The molecule has 0 aliphatic carbocycles. The molecule has 0 saturated heterocycles. The Balaban J connectivity index is 1.73. The molecule has 140 valence electrons. The summed E-state index contributed by atoms with van der Waals surface area (Å²) in [5.41, 5.74) is 0.314. The van der Waals surface area contributed by atoms with Crippen molar-refractivity contribution in [2.45, 2.75) is 24.1 Å². The Bertz CT molecular complexity index is 824. The second kappa shape index (κ2) is 7.88. The topological polar surface area (TPSA) is 35.5 Å². The standard InChI is InChI=1S/C18H16ClF3O3S/c19-15-8-13(9-16-17(15)25-6-2-5-24-16)11-26(23)10-12-3-1-4-14(7-12)18(20,21)22/h1,3-4,7-9H,2,5-6,10-11H2/t26-/m1/s1. The molecule has 2 aromatic carbocycles. The summed E-state index contributed by atoms with van der Waals surface area (Å²) in [6, 6.07) is 8.25. The summed E-state index contributed by atoms with van der Waals surface area (Å²) in [6.45, 7) is 1.01. The maximum atomic E-state index is 12.8. The second-order valence-corrected chi connectivity index (χ2v) is 7.75. The maximum Gasteiger partial charge on any atom is 0.416 e. The molecule has 2 aromatic rings. The Hall–Kier alpha value is -1.73. The van der Waals surface area contributed by atoms with Crippen molar-refractivity contribution in [1.29, 1.82) is 0 Å². The number of fused-ring (bicyclic) bond motifs is 1. The van der Waals surface area contributed by atoms with Gasteiger partial charge in [0.25, 0.3) is 0 Å². The molecule has 1 atom stereocenters. The molecule has 0 saturated carbocycles. The lowest BCUT2D eigenvalue weighted by Gasteiger charge is -2.12. The molecular formula is C18H16ClF3O3S. The van der Waals surface area contributed by atoms with Crippen molar-refractivity contribution in [1.82, 2.24) is 0 Å². The zero-order chi connectivity index (χ0) is 18.7. The molecular weight excluding hydrogens is 389 g/mol. The number of hydrogen-bond donors (Lipinski definition) is 0. The normalized spacial score (nSPS) is 15.4. The smallest absolute Gasteiger partial charge is 0.416 e. The molecule has 0 aromatic heterocycles. The molecule has 0 fully saturated rings. The molecule has 0 unspecified atom stereocenters. The van der Waals surface area contributed by atoms with Crippen LogP contribution in [-0.2, 0) is 28.5 Å². The van der Waals surface area contributed by atoms with Gasteiger partial charge in [0.1, 0.15) is 0 Å². The van der Waals surface area contributed by atoms with E-state index in [0.29, 0.717) is 40.9 Å². The van der Waals surface area contributed by atoms with E-state index in [-0.39, 0.29) is 11.5 Å². The number of rotatable bonds is 4. The van der Waals surface area contributed by atoms with Crippen molar-refractivity contribution in [3.63, 3.8) is 0 Å². The van der Waals surface area contributed by atoms with E-state index in [0.717, 1.165) is 18.6 Å². The lowest BCUT2D eigenvalue weighted by Crippen LogP contribution is -2.06. The monoisotopic (exact) mass is 404 g/mol. The van der Waals surface area contributed by atoms with Crippen LogP contribution < -0.4 is 9.47 Å². The van der Waals surface area contributed by atoms with Crippen molar-refractivity contribution >= 4 is 22.4 Å². The Morgan fingerprint density at radius 2 is 1.77 bits per heavy atom. The fourth-order valence-electron chi connectivity index (χ4n) is 2.63.